The minimum absolute atomic E-state index is 0. The smallest absolute Gasteiger partial charge is 0.284 e. The van der Waals surface area contributed by atoms with E-state index in [0.717, 1.165) is 38.7 Å². The number of carbonyl (C=O) groups excluding carboxylic acids is 1. The van der Waals surface area contributed by atoms with Crippen LogP contribution in [-0.2, 0) is 6.54 Å². The first-order valence-electron chi connectivity index (χ1n) is 9.72. The van der Waals surface area contributed by atoms with Gasteiger partial charge >= 0.3 is 0 Å². The minimum atomic E-state index is -0.565. The highest BCUT2D eigenvalue weighted by molar-refractivity contribution is 14.0. The van der Waals surface area contributed by atoms with Crippen LogP contribution in [0.4, 0.5) is 5.69 Å². The molecule has 0 spiro atoms. The summed E-state index contributed by atoms with van der Waals surface area (Å²) in [4.78, 5) is 20.5. The quantitative estimate of drug-likeness (QED) is 0.366. The van der Waals surface area contributed by atoms with Gasteiger partial charge in [0.15, 0.2) is 11.7 Å². The van der Waals surface area contributed by atoms with Gasteiger partial charge in [0.25, 0.3) is 5.91 Å². The van der Waals surface area contributed by atoms with Crippen molar-refractivity contribution in [2.75, 3.05) is 37.6 Å². The zero-order chi connectivity index (χ0) is 20.1. The Morgan fingerprint density at radius 2 is 1.90 bits per heavy atom. The molecule has 1 aromatic carbocycles. The second-order valence-electron chi connectivity index (χ2n) is 6.99. The Morgan fingerprint density at radius 1 is 1.17 bits per heavy atom. The number of benzene rings is 1. The maximum atomic E-state index is 11.2. The molecule has 1 aromatic heterocycles. The number of guanidine groups is 1. The number of nitrogens with two attached hydrogens (primary N) is 1. The lowest BCUT2D eigenvalue weighted by molar-refractivity contribution is 0.0972. The number of anilines is 1. The summed E-state index contributed by atoms with van der Waals surface area (Å²) in [6.07, 6.45) is 0. The molecule has 0 bridgehead atoms. The van der Waals surface area contributed by atoms with E-state index in [-0.39, 0.29) is 29.7 Å². The monoisotopic (exact) mass is 511 g/mol. The third kappa shape index (κ3) is 5.65. The molecule has 3 rings (SSSR count). The number of nitrogens with one attached hydrogen (secondary N) is 1. The molecule has 2 heterocycles. The lowest BCUT2D eigenvalue weighted by atomic mass is 10.1. The van der Waals surface area contributed by atoms with Gasteiger partial charge in [-0.15, -0.1) is 24.0 Å². The number of hydrogen-bond donors (Lipinski definition) is 2. The summed E-state index contributed by atoms with van der Waals surface area (Å²) in [6.45, 7) is 11.2. The van der Waals surface area contributed by atoms with Gasteiger partial charge in [-0.2, -0.15) is 0 Å². The Hall–Kier alpha value is -2.23. The van der Waals surface area contributed by atoms with Gasteiger partial charge in [-0.05, 0) is 50.1 Å². The van der Waals surface area contributed by atoms with Crippen LogP contribution < -0.4 is 16.0 Å². The first-order valence-corrected chi connectivity index (χ1v) is 9.72. The minimum Gasteiger partial charge on any atom is -0.454 e. The Morgan fingerprint density at radius 3 is 2.52 bits per heavy atom. The van der Waals surface area contributed by atoms with Gasteiger partial charge in [-0.3, -0.25) is 4.79 Å². The molecule has 0 radical (unpaired) electrons. The van der Waals surface area contributed by atoms with Crippen LogP contribution in [0.25, 0.3) is 0 Å². The van der Waals surface area contributed by atoms with Crippen LogP contribution in [0.2, 0.25) is 0 Å². The highest BCUT2D eigenvalue weighted by atomic mass is 127. The molecule has 3 N–H and O–H groups in total. The Bertz CT molecular complexity index is 857. The van der Waals surface area contributed by atoms with E-state index < -0.39 is 5.91 Å². The van der Waals surface area contributed by atoms with Crippen molar-refractivity contribution in [3.05, 3.63) is 53.0 Å². The van der Waals surface area contributed by atoms with Crippen molar-refractivity contribution in [3.8, 4) is 0 Å². The number of amides is 1. The number of nitrogens with zero attached hydrogens (tertiary/aromatic N) is 3. The van der Waals surface area contributed by atoms with Crippen LogP contribution in [-0.4, -0.2) is 49.5 Å². The Balaban J connectivity index is 0.00000300. The van der Waals surface area contributed by atoms with Crippen LogP contribution >= 0.6 is 24.0 Å². The molecule has 29 heavy (non-hydrogen) atoms. The van der Waals surface area contributed by atoms with Gasteiger partial charge in [0.05, 0.1) is 0 Å². The standard InChI is InChI=1S/C21H29N5O2.HI/c1-4-23-21(24-14-17-8-9-19(28-17)20(22)27)26-12-10-25(11-13-26)18-7-5-6-15(2)16(18)3;/h5-9H,4,10-14H2,1-3H3,(H2,22,27)(H,23,24);1H. The van der Waals surface area contributed by atoms with Crippen LogP contribution in [0.5, 0.6) is 0 Å². The highest BCUT2D eigenvalue weighted by Crippen LogP contribution is 2.23. The molecule has 0 atom stereocenters. The molecule has 1 aliphatic rings. The van der Waals surface area contributed by atoms with Crippen LogP contribution in [0.15, 0.2) is 39.7 Å². The molecule has 7 nitrogen and oxygen atoms in total. The van der Waals surface area contributed by atoms with Gasteiger partial charge in [-0.1, -0.05) is 12.1 Å². The Kier molecular flexibility index (Phi) is 8.36. The molecule has 0 saturated carbocycles. The maximum Gasteiger partial charge on any atom is 0.284 e. The summed E-state index contributed by atoms with van der Waals surface area (Å²) in [7, 11) is 0. The molecule has 1 aliphatic heterocycles. The number of primary amides is 1. The van der Waals surface area contributed by atoms with Gasteiger partial charge in [0.1, 0.15) is 12.3 Å². The molecular weight excluding hydrogens is 481 g/mol. The summed E-state index contributed by atoms with van der Waals surface area (Å²) in [5.74, 6) is 1.08. The average molecular weight is 511 g/mol. The molecule has 0 unspecified atom stereocenters. The molecular formula is C21H30IN5O2. The summed E-state index contributed by atoms with van der Waals surface area (Å²) in [5.41, 5.74) is 9.22. The first kappa shape index (κ1) is 23.1. The number of piperazine rings is 1. The highest BCUT2D eigenvalue weighted by Gasteiger charge is 2.21. The van der Waals surface area contributed by atoms with Crippen LogP contribution in [0, 0.1) is 13.8 Å². The lowest BCUT2D eigenvalue weighted by Gasteiger charge is -2.38. The second kappa shape index (κ2) is 10.5. The molecule has 1 saturated heterocycles. The average Bonchev–Trinajstić information content (AvgIpc) is 3.17. The topological polar surface area (TPSA) is 87.1 Å². The largest absolute Gasteiger partial charge is 0.454 e. The zero-order valence-electron chi connectivity index (χ0n) is 17.3. The summed E-state index contributed by atoms with van der Waals surface area (Å²) in [6, 6.07) is 9.81. The van der Waals surface area contributed by atoms with Gasteiger partial charge in [0.2, 0.25) is 0 Å². The van der Waals surface area contributed by atoms with E-state index in [9.17, 15) is 4.79 Å². The van der Waals surface area contributed by atoms with Crippen molar-refractivity contribution >= 4 is 41.5 Å². The molecule has 158 valence electrons. The fraction of sp³-hybridized carbons (Fsp3) is 0.429. The zero-order valence-corrected chi connectivity index (χ0v) is 19.6. The molecule has 1 fully saturated rings. The number of rotatable bonds is 5. The van der Waals surface area contributed by atoms with E-state index >= 15 is 0 Å². The van der Waals surface area contributed by atoms with E-state index in [2.05, 4.69) is 59.1 Å². The van der Waals surface area contributed by atoms with Crippen LogP contribution in [0.3, 0.4) is 0 Å². The van der Waals surface area contributed by atoms with Crippen molar-refractivity contribution in [1.29, 1.82) is 0 Å². The molecule has 8 heteroatoms. The number of carbonyl (C=O) groups is 1. The summed E-state index contributed by atoms with van der Waals surface area (Å²) in [5, 5.41) is 3.35. The Labute approximate surface area is 189 Å². The van der Waals surface area contributed by atoms with Crippen molar-refractivity contribution in [1.82, 2.24) is 10.2 Å². The first-order chi connectivity index (χ1) is 13.5. The predicted octanol–water partition coefficient (Wildman–Crippen LogP) is 2.90. The number of aryl methyl sites for hydroxylation is 1. The number of halogens is 1. The van der Waals surface area contributed by atoms with E-state index in [1.165, 1.54) is 16.8 Å². The fourth-order valence-corrected chi connectivity index (χ4v) is 3.41. The molecule has 0 aliphatic carbocycles. The van der Waals surface area contributed by atoms with E-state index in [1.807, 2.05) is 0 Å². The number of aliphatic imine (C=N–C) groups is 1. The SMILES string of the molecule is CCNC(=NCc1ccc(C(N)=O)o1)N1CCN(c2cccc(C)c2C)CC1.I. The van der Waals surface area contributed by atoms with E-state index in [1.54, 1.807) is 12.1 Å². The maximum absolute atomic E-state index is 11.2. The predicted molar refractivity (Wildman–Crippen MR) is 127 cm³/mol. The number of furan rings is 1. The normalized spacial score (nSPS) is 14.5. The lowest BCUT2D eigenvalue weighted by Crippen LogP contribution is -2.52. The van der Waals surface area contributed by atoms with E-state index in [4.69, 9.17) is 10.2 Å². The van der Waals surface area contributed by atoms with Crippen LogP contribution in [0.1, 0.15) is 34.4 Å². The van der Waals surface area contributed by atoms with Gasteiger partial charge < -0.3 is 25.3 Å². The van der Waals surface area contributed by atoms with Crippen molar-refractivity contribution in [2.45, 2.75) is 27.3 Å². The van der Waals surface area contributed by atoms with Crippen molar-refractivity contribution < 1.29 is 9.21 Å². The third-order valence-corrected chi connectivity index (χ3v) is 5.12. The van der Waals surface area contributed by atoms with Gasteiger partial charge in [-0.25, -0.2) is 4.99 Å². The fourth-order valence-electron chi connectivity index (χ4n) is 3.41. The third-order valence-electron chi connectivity index (χ3n) is 5.12. The summed E-state index contributed by atoms with van der Waals surface area (Å²) >= 11 is 0. The molecule has 1 amide bonds. The van der Waals surface area contributed by atoms with Crippen molar-refractivity contribution in [3.63, 3.8) is 0 Å². The van der Waals surface area contributed by atoms with Gasteiger partial charge in [0, 0.05) is 38.4 Å². The second-order valence-corrected chi connectivity index (χ2v) is 6.99. The summed E-state index contributed by atoms with van der Waals surface area (Å²) < 4.78 is 5.42. The van der Waals surface area contributed by atoms with E-state index in [0.29, 0.717) is 12.3 Å². The molecule has 2 aromatic rings. The van der Waals surface area contributed by atoms with Crippen molar-refractivity contribution in [2.24, 2.45) is 10.7 Å². The number of hydrogen-bond acceptors (Lipinski definition) is 4.